The van der Waals surface area contributed by atoms with Crippen molar-refractivity contribution in [1.82, 2.24) is 10.2 Å². The predicted octanol–water partition coefficient (Wildman–Crippen LogP) is 1.48. The maximum absolute atomic E-state index is 14.2. The Bertz CT molecular complexity index is 916. The van der Waals surface area contributed by atoms with E-state index >= 15 is 0 Å². The first-order valence-electron chi connectivity index (χ1n) is 16.1. The van der Waals surface area contributed by atoms with Crippen LogP contribution in [0.5, 0.6) is 0 Å². The fourth-order valence-corrected chi connectivity index (χ4v) is 10.3. The molecule has 3 aliphatic heterocycles. The summed E-state index contributed by atoms with van der Waals surface area (Å²) in [4.78, 5) is 30.2. The number of hydrogen-bond donors (Lipinski definition) is 2. The van der Waals surface area contributed by atoms with Gasteiger partial charge in [0.1, 0.15) is 6.04 Å². The number of rotatable bonds is 8. The second-order valence-corrected chi connectivity index (χ2v) is 13.6. The lowest BCUT2D eigenvalue weighted by Crippen LogP contribution is -3.04. The smallest absolute Gasteiger partial charge is 0.278 e. The first-order valence-corrected chi connectivity index (χ1v) is 16.1. The molecule has 3 heterocycles. The van der Waals surface area contributed by atoms with Crippen LogP contribution in [-0.4, -0.2) is 100 Å². The summed E-state index contributed by atoms with van der Waals surface area (Å²) in [6.45, 7) is 0.713. The summed E-state index contributed by atoms with van der Waals surface area (Å²) in [5.41, 5.74) is 0. The minimum Gasteiger partial charge on any atom is -0.379 e. The summed E-state index contributed by atoms with van der Waals surface area (Å²) < 4.78 is 23.1. The highest BCUT2D eigenvalue weighted by molar-refractivity contribution is 5.83. The van der Waals surface area contributed by atoms with Crippen LogP contribution >= 0.6 is 0 Å². The monoisotopic (exact) mass is 562 g/mol. The summed E-state index contributed by atoms with van der Waals surface area (Å²) in [5, 5.41) is 5.70. The number of carbonyl (C=O) groups is 2. The number of nitrogens with one attached hydrogen (secondary N) is 1. The van der Waals surface area contributed by atoms with Gasteiger partial charge in [-0.05, 0) is 69.1 Å². The third kappa shape index (κ3) is 4.91. The van der Waals surface area contributed by atoms with Crippen molar-refractivity contribution in [3.63, 3.8) is 0 Å². The maximum atomic E-state index is 14.2. The van der Waals surface area contributed by atoms with Crippen molar-refractivity contribution in [2.45, 2.75) is 119 Å². The van der Waals surface area contributed by atoms with Crippen molar-refractivity contribution in [1.29, 1.82) is 0 Å². The molecule has 13 unspecified atom stereocenters. The van der Waals surface area contributed by atoms with Crippen LogP contribution in [0.3, 0.4) is 0 Å². The molecule has 226 valence electrons. The van der Waals surface area contributed by atoms with Gasteiger partial charge in [0.2, 0.25) is 5.91 Å². The highest BCUT2D eigenvalue weighted by Gasteiger charge is 2.67. The lowest BCUT2D eigenvalue weighted by Gasteiger charge is -2.54. The number of methoxy groups -OCH3 is 4. The van der Waals surface area contributed by atoms with E-state index < -0.39 is 0 Å². The normalized spacial score (nSPS) is 46.4. The van der Waals surface area contributed by atoms with E-state index in [9.17, 15) is 9.59 Å². The Morgan fingerprint density at radius 3 is 2.35 bits per heavy atom. The number of hydrogen-bond acceptors (Lipinski definition) is 6. The van der Waals surface area contributed by atoms with Crippen molar-refractivity contribution < 1.29 is 33.9 Å². The number of quaternary nitrogens is 1. The van der Waals surface area contributed by atoms with Gasteiger partial charge in [-0.15, -0.1) is 0 Å². The summed E-state index contributed by atoms with van der Waals surface area (Å²) in [6.07, 6.45) is 11.6. The molecule has 0 aromatic rings. The van der Waals surface area contributed by atoms with Gasteiger partial charge in [-0.25, -0.2) is 0 Å². The number of carbonyl (C=O) groups excluding carboxylic acids is 2. The number of piperidine rings is 2. The van der Waals surface area contributed by atoms with Crippen LogP contribution in [0.2, 0.25) is 0 Å². The second-order valence-electron chi connectivity index (χ2n) is 13.6. The topological polar surface area (TPSA) is 103 Å². The summed E-state index contributed by atoms with van der Waals surface area (Å²) in [7, 11) is 7.01. The van der Waals surface area contributed by atoms with Crippen molar-refractivity contribution in [2.24, 2.45) is 29.6 Å². The minimum atomic E-state index is -0.218. The molecule has 9 heteroatoms. The van der Waals surface area contributed by atoms with E-state index in [1.54, 1.807) is 28.4 Å². The Kier molecular flexibility index (Phi) is 8.76. The molecule has 0 bridgehead atoms. The SMILES string of the molecule is COC1CCC(CCNC(=O)C2CC3C4CCCCC4N4C(=O)C5C(CCC(OC)C5OC)C([NH2+]2)C34)CC1OC. The molecule has 6 rings (SSSR count). The molecule has 3 N–H and O–H groups in total. The van der Waals surface area contributed by atoms with Crippen molar-refractivity contribution in [3.8, 4) is 0 Å². The third-order valence-corrected chi connectivity index (χ3v) is 12.0. The fourth-order valence-electron chi connectivity index (χ4n) is 10.3. The van der Waals surface area contributed by atoms with E-state index in [1.807, 2.05) is 0 Å². The van der Waals surface area contributed by atoms with E-state index in [-0.39, 0.29) is 60.3 Å². The number of nitrogens with zero attached hydrogens (tertiary/aromatic N) is 1. The predicted molar refractivity (Wildman–Crippen MR) is 148 cm³/mol. The van der Waals surface area contributed by atoms with E-state index in [0.717, 1.165) is 51.4 Å². The zero-order chi connectivity index (χ0) is 28.0. The zero-order valence-corrected chi connectivity index (χ0v) is 25.0. The average Bonchev–Trinajstić information content (AvgIpc) is 3.33. The Morgan fingerprint density at radius 1 is 0.850 bits per heavy atom. The molecule has 3 aliphatic carbocycles. The van der Waals surface area contributed by atoms with Gasteiger partial charge in [-0.3, -0.25) is 9.59 Å². The largest absolute Gasteiger partial charge is 0.379 e. The standard InChI is InChI=1S/C31H51N3O6/c1-37-23-11-9-17(15-25(23)39-3)13-14-32-30(35)21-16-20-18-7-5-6-8-22(18)34-28(20)27(33-21)19-10-12-24(38-2)29(40-4)26(19)31(34)36/h17-29,33H,5-16H2,1-4H3,(H,32,35)/p+1. The second kappa shape index (κ2) is 12.2. The first kappa shape index (κ1) is 28.8. The lowest BCUT2D eigenvalue weighted by atomic mass is 9.63. The molecule has 2 amide bonds. The van der Waals surface area contributed by atoms with Gasteiger partial charge < -0.3 is 34.5 Å². The molecule has 6 fully saturated rings. The summed E-state index contributed by atoms with van der Waals surface area (Å²) >= 11 is 0. The molecule has 6 aliphatic rings. The molecule has 40 heavy (non-hydrogen) atoms. The van der Waals surface area contributed by atoms with Gasteiger partial charge in [-0.1, -0.05) is 12.8 Å². The molecule has 3 saturated heterocycles. The maximum Gasteiger partial charge on any atom is 0.278 e. The van der Waals surface area contributed by atoms with Gasteiger partial charge >= 0.3 is 0 Å². The number of amides is 2. The van der Waals surface area contributed by atoms with E-state index in [0.29, 0.717) is 36.2 Å². The Balaban J connectivity index is 1.16. The Hall–Kier alpha value is -1.26. The van der Waals surface area contributed by atoms with Crippen molar-refractivity contribution in [2.75, 3.05) is 35.0 Å². The molecule has 0 aromatic carbocycles. The number of nitrogens with two attached hydrogens (primary N) is 1. The molecular weight excluding hydrogens is 510 g/mol. The van der Waals surface area contributed by atoms with Crippen LogP contribution in [0.1, 0.15) is 70.6 Å². The lowest BCUT2D eigenvalue weighted by molar-refractivity contribution is -0.733. The van der Waals surface area contributed by atoms with Gasteiger partial charge in [0, 0.05) is 53.4 Å². The summed E-state index contributed by atoms with van der Waals surface area (Å²) in [6, 6.07) is 0.750. The molecule has 3 saturated carbocycles. The molecule has 13 atom stereocenters. The van der Waals surface area contributed by atoms with Crippen molar-refractivity contribution >= 4 is 11.8 Å². The highest BCUT2D eigenvalue weighted by atomic mass is 16.5. The van der Waals surface area contributed by atoms with E-state index in [4.69, 9.17) is 18.9 Å². The summed E-state index contributed by atoms with van der Waals surface area (Å²) in [5.74, 6) is 2.03. The first-order chi connectivity index (χ1) is 19.5. The van der Waals surface area contributed by atoms with Gasteiger partial charge in [0.15, 0.2) is 6.04 Å². The minimum absolute atomic E-state index is 0.0494. The molecule has 0 aromatic heterocycles. The molecular formula is C31H52N3O6+. The number of fused-ring (bicyclic) bond motifs is 5. The molecule has 0 radical (unpaired) electrons. The Labute approximate surface area is 239 Å². The van der Waals surface area contributed by atoms with Crippen LogP contribution in [0.25, 0.3) is 0 Å². The van der Waals surface area contributed by atoms with Crippen LogP contribution in [0, 0.1) is 29.6 Å². The average molecular weight is 563 g/mol. The highest BCUT2D eigenvalue weighted by Crippen LogP contribution is 2.53. The quantitative estimate of drug-likeness (QED) is 0.465. The fraction of sp³-hybridized carbons (Fsp3) is 0.935. The van der Waals surface area contributed by atoms with Crippen LogP contribution < -0.4 is 10.6 Å². The van der Waals surface area contributed by atoms with Gasteiger partial charge in [0.05, 0.1) is 36.4 Å². The van der Waals surface area contributed by atoms with Crippen molar-refractivity contribution in [3.05, 3.63) is 0 Å². The Morgan fingerprint density at radius 2 is 1.60 bits per heavy atom. The van der Waals surface area contributed by atoms with Crippen LogP contribution in [0.15, 0.2) is 0 Å². The van der Waals surface area contributed by atoms with Crippen LogP contribution in [-0.2, 0) is 28.5 Å². The molecule has 0 spiro atoms. The molecule has 9 nitrogen and oxygen atoms in total. The van der Waals surface area contributed by atoms with E-state index in [2.05, 4.69) is 15.5 Å². The number of ether oxygens (including phenoxy) is 4. The van der Waals surface area contributed by atoms with E-state index in [1.165, 1.54) is 19.3 Å². The van der Waals surface area contributed by atoms with Gasteiger partial charge in [0.25, 0.3) is 5.91 Å². The zero-order valence-electron chi connectivity index (χ0n) is 25.0. The van der Waals surface area contributed by atoms with Crippen LogP contribution in [0.4, 0.5) is 0 Å². The van der Waals surface area contributed by atoms with Gasteiger partial charge in [-0.2, -0.15) is 0 Å². The third-order valence-electron chi connectivity index (χ3n) is 12.0.